The Labute approximate surface area is 98.0 Å². The summed E-state index contributed by atoms with van der Waals surface area (Å²) in [7, 11) is 0. The highest BCUT2D eigenvalue weighted by Gasteiger charge is 2.46. The van der Waals surface area contributed by atoms with Crippen molar-refractivity contribution in [1.82, 2.24) is 5.32 Å². The van der Waals surface area contributed by atoms with E-state index < -0.39 is 5.41 Å². The lowest BCUT2D eigenvalue weighted by Crippen LogP contribution is -2.52. The molecule has 1 aliphatic heterocycles. The van der Waals surface area contributed by atoms with Crippen LogP contribution in [0.1, 0.15) is 5.56 Å². The van der Waals surface area contributed by atoms with Crippen LogP contribution in [0.25, 0.3) is 0 Å². The number of halogens is 1. The third-order valence-electron chi connectivity index (χ3n) is 2.69. The number of hydrogen-bond donors (Lipinski definition) is 1. The molecule has 2 rings (SSSR count). The fraction of sp³-hybridized carbons (Fsp3) is 0.333. The van der Waals surface area contributed by atoms with Gasteiger partial charge in [0.1, 0.15) is 5.82 Å². The van der Waals surface area contributed by atoms with Crippen molar-refractivity contribution in [3.8, 4) is 6.07 Å². The van der Waals surface area contributed by atoms with Crippen molar-refractivity contribution >= 4 is 5.91 Å². The largest absolute Gasteiger partial charge is 0.377 e. The number of hydrogen-bond acceptors (Lipinski definition) is 3. The summed E-state index contributed by atoms with van der Waals surface area (Å²) < 4.78 is 17.8. The molecule has 0 aliphatic carbocycles. The van der Waals surface area contributed by atoms with Gasteiger partial charge in [0.2, 0.25) is 5.91 Å². The molecule has 0 saturated carbocycles. The van der Waals surface area contributed by atoms with Gasteiger partial charge in [-0.3, -0.25) is 4.79 Å². The van der Waals surface area contributed by atoms with Crippen LogP contribution < -0.4 is 5.32 Å². The van der Waals surface area contributed by atoms with Crippen LogP contribution in [0, 0.1) is 22.6 Å². The van der Waals surface area contributed by atoms with Gasteiger partial charge in [0, 0.05) is 6.54 Å². The molecule has 5 heteroatoms. The molecule has 0 unspecified atom stereocenters. The Hall–Kier alpha value is -1.93. The molecule has 17 heavy (non-hydrogen) atoms. The van der Waals surface area contributed by atoms with Crippen LogP contribution >= 0.6 is 0 Å². The Kier molecular flexibility index (Phi) is 3.07. The van der Waals surface area contributed by atoms with E-state index in [0.717, 1.165) is 0 Å². The maximum Gasteiger partial charge on any atom is 0.245 e. The molecule has 1 fully saturated rings. The zero-order valence-corrected chi connectivity index (χ0v) is 9.07. The van der Waals surface area contributed by atoms with Crippen molar-refractivity contribution in [1.29, 1.82) is 5.26 Å². The van der Waals surface area contributed by atoms with E-state index in [1.807, 2.05) is 6.07 Å². The molecule has 0 aromatic heterocycles. The quantitative estimate of drug-likeness (QED) is 0.848. The van der Waals surface area contributed by atoms with Crippen LogP contribution in [0.4, 0.5) is 4.39 Å². The zero-order valence-electron chi connectivity index (χ0n) is 9.07. The minimum Gasteiger partial charge on any atom is -0.377 e. The first-order chi connectivity index (χ1) is 8.16. The molecular formula is C12H11FN2O2. The maximum atomic E-state index is 12.9. The number of benzene rings is 1. The van der Waals surface area contributed by atoms with Gasteiger partial charge in [-0.15, -0.1) is 0 Å². The molecular weight excluding hydrogens is 223 g/mol. The first kappa shape index (κ1) is 11.6. The lowest BCUT2D eigenvalue weighted by atomic mass is 9.87. The monoisotopic (exact) mass is 234 g/mol. The van der Waals surface area contributed by atoms with Crippen molar-refractivity contribution in [2.24, 2.45) is 5.41 Å². The average molecular weight is 234 g/mol. The molecule has 1 N–H and O–H groups in total. The SMILES string of the molecule is N#CC1(C(=O)NCc2cccc(F)c2)COC1. The smallest absolute Gasteiger partial charge is 0.245 e. The summed E-state index contributed by atoms with van der Waals surface area (Å²) in [6.07, 6.45) is 0. The second-order valence-electron chi connectivity index (χ2n) is 4.00. The first-order valence-electron chi connectivity index (χ1n) is 5.18. The van der Waals surface area contributed by atoms with Crippen LogP contribution in [0.15, 0.2) is 24.3 Å². The zero-order chi connectivity index (χ0) is 12.3. The Bertz CT molecular complexity index is 478. The number of nitrogens with one attached hydrogen (secondary N) is 1. The van der Waals surface area contributed by atoms with Gasteiger partial charge in [-0.25, -0.2) is 4.39 Å². The minimum atomic E-state index is -1.06. The number of ether oxygens (including phenoxy) is 1. The van der Waals surface area contributed by atoms with Gasteiger partial charge in [-0.05, 0) is 17.7 Å². The fourth-order valence-electron chi connectivity index (χ4n) is 1.55. The molecule has 0 spiro atoms. The van der Waals surface area contributed by atoms with E-state index in [1.54, 1.807) is 12.1 Å². The van der Waals surface area contributed by atoms with Gasteiger partial charge in [0.15, 0.2) is 5.41 Å². The summed E-state index contributed by atoms with van der Waals surface area (Å²) in [5.74, 6) is -0.714. The number of carbonyl (C=O) groups is 1. The summed E-state index contributed by atoms with van der Waals surface area (Å²) >= 11 is 0. The van der Waals surface area contributed by atoms with E-state index in [0.29, 0.717) is 5.56 Å². The van der Waals surface area contributed by atoms with E-state index in [4.69, 9.17) is 10.00 Å². The molecule has 1 amide bonds. The van der Waals surface area contributed by atoms with Gasteiger partial charge in [-0.2, -0.15) is 5.26 Å². The highest BCUT2D eigenvalue weighted by atomic mass is 19.1. The Morgan fingerprint density at radius 1 is 1.59 bits per heavy atom. The molecule has 4 nitrogen and oxygen atoms in total. The van der Waals surface area contributed by atoms with E-state index in [-0.39, 0.29) is 31.5 Å². The van der Waals surface area contributed by atoms with Crippen LogP contribution in [0.5, 0.6) is 0 Å². The summed E-state index contributed by atoms with van der Waals surface area (Å²) in [6, 6.07) is 7.91. The Morgan fingerprint density at radius 3 is 2.88 bits per heavy atom. The molecule has 88 valence electrons. The highest BCUT2D eigenvalue weighted by Crippen LogP contribution is 2.26. The highest BCUT2D eigenvalue weighted by molar-refractivity contribution is 5.86. The Balaban J connectivity index is 1.95. The van der Waals surface area contributed by atoms with Gasteiger partial charge >= 0.3 is 0 Å². The molecule has 0 bridgehead atoms. The standard InChI is InChI=1S/C12H11FN2O2/c13-10-3-1-2-9(4-10)5-15-11(16)12(6-14)7-17-8-12/h1-4H,5,7-8H2,(H,15,16). The molecule has 1 aliphatic rings. The van der Waals surface area contributed by atoms with Gasteiger partial charge in [0.05, 0.1) is 19.3 Å². The second kappa shape index (κ2) is 4.52. The molecule has 1 aromatic carbocycles. The summed E-state index contributed by atoms with van der Waals surface area (Å²) in [5, 5.41) is 11.5. The van der Waals surface area contributed by atoms with Crippen molar-refractivity contribution in [2.45, 2.75) is 6.54 Å². The van der Waals surface area contributed by atoms with Crippen molar-refractivity contribution in [2.75, 3.05) is 13.2 Å². The van der Waals surface area contributed by atoms with Gasteiger partial charge in [0.25, 0.3) is 0 Å². The summed E-state index contributed by atoms with van der Waals surface area (Å²) in [4.78, 5) is 11.7. The van der Waals surface area contributed by atoms with Gasteiger partial charge < -0.3 is 10.1 Å². The number of nitriles is 1. The maximum absolute atomic E-state index is 12.9. The molecule has 1 saturated heterocycles. The third kappa shape index (κ3) is 2.27. The predicted octanol–water partition coefficient (Wildman–Crippen LogP) is 0.982. The van der Waals surface area contributed by atoms with E-state index in [1.165, 1.54) is 12.1 Å². The molecule has 1 heterocycles. The van der Waals surface area contributed by atoms with E-state index in [2.05, 4.69) is 5.32 Å². The van der Waals surface area contributed by atoms with E-state index >= 15 is 0 Å². The summed E-state index contributed by atoms with van der Waals surface area (Å²) in [6.45, 7) is 0.455. The third-order valence-corrected chi connectivity index (χ3v) is 2.69. The molecule has 0 radical (unpaired) electrons. The van der Waals surface area contributed by atoms with Crippen LogP contribution in [0.3, 0.4) is 0 Å². The average Bonchev–Trinajstić information content (AvgIpc) is 2.26. The van der Waals surface area contributed by atoms with Crippen molar-refractivity contribution in [3.63, 3.8) is 0 Å². The fourth-order valence-corrected chi connectivity index (χ4v) is 1.55. The topological polar surface area (TPSA) is 62.1 Å². The number of carbonyl (C=O) groups excluding carboxylic acids is 1. The minimum absolute atomic E-state index is 0.123. The van der Waals surface area contributed by atoms with E-state index in [9.17, 15) is 9.18 Å². The summed E-state index contributed by atoms with van der Waals surface area (Å²) in [5.41, 5.74) is -0.403. The van der Waals surface area contributed by atoms with Gasteiger partial charge in [-0.1, -0.05) is 12.1 Å². The second-order valence-corrected chi connectivity index (χ2v) is 4.00. The molecule has 1 aromatic rings. The first-order valence-corrected chi connectivity index (χ1v) is 5.18. The van der Waals surface area contributed by atoms with Crippen molar-refractivity contribution < 1.29 is 13.9 Å². The van der Waals surface area contributed by atoms with Crippen LogP contribution in [-0.2, 0) is 16.1 Å². The lowest BCUT2D eigenvalue weighted by Gasteiger charge is -2.33. The lowest BCUT2D eigenvalue weighted by molar-refractivity contribution is -0.150. The predicted molar refractivity (Wildman–Crippen MR) is 57.1 cm³/mol. The van der Waals surface area contributed by atoms with Crippen LogP contribution in [-0.4, -0.2) is 19.1 Å². The van der Waals surface area contributed by atoms with Crippen molar-refractivity contribution in [3.05, 3.63) is 35.6 Å². The number of nitrogens with zero attached hydrogens (tertiary/aromatic N) is 1. The molecule has 0 atom stereocenters. The normalized spacial score (nSPS) is 16.7. The van der Waals surface area contributed by atoms with Crippen LogP contribution in [0.2, 0.25) is 0 Å². The Morgan fingerprint density at radius 2 is 2.35 bits per heavy atom. The number of rotatable bonds is 3. The number of amides is 1.